The van der Waals surface area contributed by atoms with Crippen LogP contribution in [0.25, 0.3) is 77.2 Å². The molecule has 0 aliphatic heterocycles. The zero-order valence-electron chi connectivity index (χ0n) is 32.8. The topological polar surface area (TPSA) is 3.24 Å². The Labute approximate surface area is 344 Å². The largest absolute Gasteiger partial charge is 0.310 e. The Bertz CT molecular complexity index is 3110. The molecule has 0 N–H and O–H groups in total. The molecule has 8 aromatic carbocycles. The molecule has 1 nitrogen and oxygen atoms in total. The third-order valence-electron chi connectivity index (χ3n) is 12.5. The molecular formula is C56H43NS. The zero-order chi connectivity index (χ0) is 38.7. The number of nitrogens with zero attached hydrogens (tertiary/aromatic N) is 1. The minimum absolute atomic E-state index is 0.532. The molecule has 2 atom stereocenters. The fourth-order valence-corrected chi connectivity index (χ4v) is 10.7. The summed E-state index contributed by atoms with van der Waals surface area (Å²) >= 11 is 1.95. The van der Waals surface area contributed by atoms with Crippen molar-refractivity contribution in [3.63, 3.8) is 0 Å². The average Bonchev–Trinajstić information content (AvgIpc) is 3.66. The maximum absolute atomic E-state index is 2.44. The molecular weight excluding hydrogens is 719 g/mol. The van der Waals surface area contributed by atoms with Crippen molar-refractivity contribution in [3.8, 4) is 33.4 Å². The quantitative estimate of drug-likeness (QED) is 0.153. The minimum atomic E-state index is 0.532. The first-order chi connectivity index (χ1) is 28.6. The molecule has 0 fully saturated rings. The molecule has 11 rings (SSSR count). The van der Waals surface area contributed by atoms with Crippen LogP contribution in [0.5, 0.6) is 0 Å². The first-order valence-electron chi connectivity index (χ1n) is 20.6. The number of allylic oxidation sites excluding steroid dienone is 2. The molecule has 58 heavy (non-hydrogen) atoms. The summed E-state index contributed by atoms with van der Waals surface area (Å²) in [5, 5.41) is 6.45. The number of hydrogen-bond acceptors (Lipinski definition) is 2. The molecule has 2 unspecified atom stereocenters. The van der Waals surface area contributed by atoms with E-state index in [1.54, 1.807) is 0 Å². The van der Waals surface area contributed by atoms with Crippen LogP contribution in [0.1, 0.15) is 60.1 Å². The van der Waals surface area contributed by atoms with Crippen LogP contribution < -0.4 is 4.90 Å². The first kappa shape index (κ1) is 34.7. The van der Waals surface area contributed by atoms with Gasteiger partial charge >= 0.3 is 0 Å². The van der Waals surface area contributed by atoms with Gasteiger partial charge in [-0.05, 0) is 151 Å². The fourth-order valence-electron chi connectivity index (χ4n) is 9.49. The van der Waals surface area contributed by atoms with Gasteiger partial charge in [0.25, 0.3) is 0 Å². The lowest BCUT2D eigenvalue weighted by molar-refractivity contribution is 0.772. The molecule has 278 valence electrons. The lowest BCUT2D eigenvalue weighted by atomic mass is 9.84. The lowest BCUT2D eigenvalue weighted by Crippen LogP contribution is -2.10. The Balaban J connectivity index is 1.04. The van der Waals surface area contributed by atoms with Crippen molar-refractivity contribution in [1.82, 2.24) is 0 Å². The molecule has 9 aromatic rings. The van der Waals surface area contributed by atoms with Gasteiger partial charge in [-0.15, -0.1) is 11.3 Å². The van der Waals surface area contributed by atoms with Crippen LogP contribution in [0.4, 0.5) is 17.1 Å². The second kappa shape index (κ2) is 14.2. The maximum Gasteiger partial charge on any atom is 0.0468 e. The van der Waals surface area contributed by atoms with Crippen molar-refractivity contribution in [2.45, 2.75) is 38.5 Å². The third-order valence-corrected chi connectivity index (χ3v) is 13.9. The number of thiophene rings is 1. The summed E-state index contributed by atoms with van der Waals surface area (Å²) in [6, 6.07) is 61.1. The average molecular weight is 762 g/mol. The molecule has 0 radical (unpaired) electrons. The number of hydrogen-bond donors (Lipinski definition) is 0. The van der Waals surface area contributed by atoms with Crippen LogP contribution in [0, 0.1) is 0 Å². The second-order valence-electron chi connectivity index (χ2n) is 16.2. The van der Waals surface area contributed by atoms with Gasteiger partial charge in [0.2, 0.25) is 0 Å². The van der Waals surface area contributed by atoms with E-state index in [2.05, 4.69) is 207 Å². The summed E-state index contributed by atoms with van der Waals surface area (Å²) in [6.45, 7) is 4.69. The van der Waals surface area contributed by atoms with Crippen molar-refractivity contribution in [2.75, 3.05) is 4.90 Å². The van der Waals surface area contributed by atoms with Gasteiger partial charge in [0.1, 0.15) is 0 Å². The molecule has 0 bridgehead atoms. The summed E-state index contributed by atoms with van der Waals surface area (Å²) in [6.07, 6.45) is 11.5. The highest BCUT2D eigenvalue weighted by molar-refractivity contribution is 7.19. The van der Waals surface area contributed by atoms with Crippen LogP contribution in [-0.4, -0.2) is 0 Å². The fraction of sp³-hybridized carbons (Fsp3) is 0.107. The van der Waals surface area contributed by atoms with Crippen LogP contribution in [0.3, 0.4) is 0 Å². The minimum Gasteiger partial charge on any atom is -0.310 e. The summed E-state index contributed by atoms with van der Waals surface area (Å²) in [5.74, 6) is 1.08. The Morgan fingerprint density at radius 3 is 1.98 bits per heavy atom. The van der Waals surface area contributed by atoms with E-state index < -0.39 is 0 Å². The normalized spacial score (nSPS) is 15.8. The Morgan fingerprint density at radius 2 is 1.12 bits per heavy atom. The van der Waals surface area contributed by atoms with Crippen LogP contribution in [-0.2, 0) is 0 Å². The lowest BCUT2D eigenvalue weighted by Gasteiger charge is -2.26. The van der Waals surface area contributed by atoms with Gasteiger partial charge in [-0.1, -0.05) is 147 Å². The second-order valence-corrected chi connectivity index (χ2v) is 17.2. The van der Waals surface area contributed by atoms with Crippen molar-refractivity contribution < 1.29 is 0 Å². The van der Waals surface area contributed by atoms with E-state index in [9.17, 15) is 0 Å². The van der Waals surface area contributed by atoms with Crippen molar-refractivity contribution in [1.29, 1.82) is 0 Å². The number of benzene rings is 8. The third kappa shape index (κ3) is 5.90. The van der Waals surface area contributed by atoms with Gasteiger partial charge in [-0.3, -0.25) is 0 Å². The van der Waals surface area contributed by atoms with E-state index in [4.69, 9.17) is 0 Å². The van der Waals surface area contributed by atoms with Crippen LogP contribution >= 0.6 is 11.3 Å². The van der Waals surface area contributed by atoms with Crippen molar-refractivity contribution >= 4 is 72.2 Å². The van der Waals surface area contributed by atoms with E-state index in [-0.39, 0.29) is 0 Å². The predicted molar refractivity (Wildman–Crippen MR) is 252 cm³/mol. The Morgan fingerprint density at radius 1 is 0.448 bits per heavy atom. The summed E-state index contributed by atoms with van der Waals surface area (Å²) in [4.78, 5) is 3.94. The molecule has 1 aromatic heterocycles. The molecule has 0 saturated heterocycles. The predicted octanol–water partition coefficient (Wildman–Crippen LogP) is 16.7. The molecule has 2 aliphatic rings. The van der Waals surface area contributed by atoms with Gasteiger partial charge in [-0.2, -0.15) is 0 Å². The molecule has 2 heteroatoms. The highest BCUT2D eigenvalue weighted by Gasteiger charge is 2.22. The highest BCUT2D eigenvalue weighted by Crippen LogP contribution is 2.46. The van der Waals surface area contributed by atoms with Gasteiger partial charge in [0.15, 0.2) is 0 Å². The van der Waals surface area contributed by atoms with Crippen LogP contribution in [0.2, 0.25) is 0 Å². The van der Waals surface area contributed by atoms with Crippen molar-refractivity contribution in [2.24, 2.45) is 0 Å². The van der Waals surface area contributed by atoms with Gasteiger partial charge < -0.3 is 4.90 Å². The van der Waals surface area contributed by atoms with E-state index in [0.717, 1.165) is 29.9 Å². The van der Waals surface area contributed by atoms with Gasteiger partial charge in [0.05, 0.1) is 0 Å². The number of fused-ring (bicyclic) bond motifs is 7. The number of anilines is 3. The van der Waals surface area contributed by atoms with E-state index in [1.807, 2.05) is 11.3 Å². The Kier molecular flexibility index (Phi) is 8.49. The summed E-state index contributed by atoms with van der Waals surface area (Å²) in [7, 11) is 0. The smallest absolute Gasteiger partial charge is 0.0468 e. The highest BCUT2D eigenvalue weighted by atomic mass is 32.1. The first-order valence-corrected chi connectivity index (χ1v) is 21.4. The van der Waals surface area contributed by atoms with Crippen LogP contribution in [0.15, 0.2) is 176 Å². The SMILES string of the molecule is CC1CC=Cc2c(-c3cccc(-c4cccc(N(c5ccc(-c6cc7ccccc7c7ccccc67)cc5)c5ccc6sc7c(c6c5)C=CCC7C)c4)c3)cccc21. The molecule has 1 heterocycles. The molecule has 0 amide bonds. The molecule has 2 aliphatic carbocycles. The van der Waals surface area contributed by atoms with E-state index in [0.29, 0.717) is 11.8 Å². The van der Waals surface area contributed by atoms with E-state index >= 15 is 0 Å². The number of rotatable bonds is 6. The van der Waals surface area contributed by atoms with E-state index in [1.165, 1.54) is 86.6 Å². The zero-order valence-corrected chi connectivity index (χ0v) is 33.6. The van der Waals surface area contributed by atoms with Gasteiger partial charge in [0, 0.05) is 32.0 Å². The molecule has 0 spiro atoms. The van der Waals surface area contributed by atoms with Crippen molar-refractivity contribution in [3.05, 3.63) is 198 Å². The standard InChI is InChI=1S/C56H43NS/c1-36-12-7-24-49-46(36)22-11-23-48(49)41-17-9-15-39(32-41)40-16-10-18-44(33-40)57(45-30-31-55-54(35-45)52-25-8-13-37(2)56(52)58-55)43-28-26-38(27-29-43)53-34-42-14-3-4-19-47(42)50-20-5-6-21-51(50)53/h3-11,14-37H,12-13H2,1-2H3. The molecule has 0 saturated carbocycles. The van der Waals surface area contributed by atoms with Gasteiger partial charge in [-0.25, -0.2) is 0 Å². The Hall–Kier alpha value is -6.48. The monoisotopic (exact) mass is 761 g/mol. The maximum atomic E-state index is 2.44. The summed E-state index contributed by atoms with van der Waals surface area (Å²) < 4.78 is 1.35. The summed E-state index contributed by atoms with van der Waals surface area (Å²) in [5.41, 5.74) is 15.0.